The average molecular weight is 290 g/mol. The van der Waals surface area contributed by atoms with Gasteiger partial charge in [-0.2, -0.15) is 17.7 Å². The second kappa shape index (κ2) is 115. The maximum absolute atomic E-state index is 8.67. The van der Waals surface area contributed by atoms with Gasteiger partial charge in [0.05, 0.1) is 0 Å². The molecule has 0 aliphatic carbocycles. The van der Waals surface area contributed by atoms with E-state index in [4.69, 9.17) is 13.3 Å². The van der Waals surface area contributed by atoms with Gasteiger partial charge in [0, 0.05) is 0 Å². The molecule has 0 saturated heterocycles. The number of rotatable bonds is 0. The van der Waals surface area contributed by atoms with E-state index in [0.29, 0.717) is 0 Å². The van der Waals surface area contributed by atoms with E-state index in [1.165, 1.54) is 0 Å². The largest absolute Gasteiger partial charge is 1.00 e. The van der Waals surface area contributed by atoms with E-state index in [9.17, 15) is 0 Å². The fourth-order valence-electron chi connectivity index (χ4n) is 0. The van der Waals surface area contributed by atoms with Crippen molar-refractivity contribution in [2.24, 2.45) is 0 Å². The van der Waals surface area contributed by atoms with Gasteiger partial charge in [-0.15, -0.1) is 0 Å². The molecule has 0 fully saturated rings. The fourth-order valence-corrected chi connectivity index (χ4v) is 0. The summed E-state index contributed by atoms with van der Waals surface area (Å²) in [6, 6.07) is 0. The normalized spacial score (nSPS) is 2.50. The second-order valence-electron chi connectivity index (χ2n) is 0.231. The molecule has 0 aromatic heterocycles. The van der Waals surface area contributed by atoms with Gasteiger partial charge in [-0.05, 0) is 0 Å². The van der Waals surface area contributed by atoms with E-state index in [-0.39, 0.29) is 114 Å². The van der Waals surface area contributed by atoms with Crippen molar-refractivity contribution in [3.8, 4) is 0 Å². The van der Waals surface area contributed by atoms with Gasteiger partial charge in [0.2, 0.25) is 0 Å². The molecule has 0 atom stereocenters. The summed E-state index contributed by atoms with van der Waals surface area (Å²) in [6.45, 7) is 0. The number of hydrogen-bond acceptors (Lipinski definition) is 1. The monoisotopic (exact) mass is 290 g/mol. The minimum atomic E-state index is -2.61. The Hall–Kier alpha value is 2.14. The summed E-state index contributed by atoms with van der Waals surface area (Å²) in [4.78, 5) is 0. The standard InChI is InChI=1S/2Na.H2O3S.7H2O.H2S.2H/c;;1-4(2)3;;;;;;;;;;/h;;(H2,1,2,3);8*1H2;;/q2*+1;;;;;;;;;;2*-1. The average Bonchev–Trinajstić information content (AvgIpc) is 0.811. The van der Waals surface area contributed by atoms with Gasteiger partial charge in [-0.3, -0.25) is 9.11 Å². The molecule has 0 amide bonds. The summed E-state index contributed by atoms with van der Waals surface area (Å²) in [7, 11) is 0. The molecule has 0 saturated carbocycles. The first-order chi connectivity index (χ1) is 1.73. The first kappa shape index (κ1) is 140. The molecule has 0 radical (unpaired) electrons. The third-order valence-electron chi connectivity index (χ3n) is 0. The Morgan fingerprint density at radius 2 is 0.714 bits per heavy atom. The van der Waals surface area contributed by atoms with Gasteiger partial charge in [0.1, 0.15) is 0 Å². The van der Waals surface area contributed by atoms with Crippen LogP contribution in [0.3, 0.4) is 0 Å². The van der Waals surface area contributed by atoms with E-state index < -0.39 is 11.4 Å². The van der Waals surface area contributed by atoms with Crippen molar-refractivity contribution in [2.45, 2.75) is 0 Å². The third kappa shape index (κ3) is 533. The molecule has 0 heterocycles. The summed E-state index contributed by atoms with van der Waals surface area (Å²) in [5.74, 6) is 0. The molecule has 10 nitrogen and oxygen atoms in total. The van der Waals surface area contributed by atoms with Crippen LogP contribution in [0.25, 0.3) is 0 Å². The zero-order valence-corrected chi connectivity index (χ0v) is 13.5. The Morgan fingerprint density at radius 3 is 0.714 bits per heavy atom. The van der Waals surface area contributed by atoms with Crippen LogP contribution in [0.1, 0.15) is 2.85 Å². The van der Waals surface area contributed by atoms with Gasteiger partial charge in [0.15, 0.2) is 0 Å². The first-order valence-corrected chi connectivity index (χ1v) is 1.60. The number of hydrogen-bond donors (Lipinski definition) is 2. The van der Waals surface area contributed by atoms with Crippen LogP contribution in [0, 0.1) is 0 Å². The summed E-state index contributed by atoms with van der Waals surface area (Å²) in [5, 5.41) is 0. The fraction of sp³-hybridized carbons (Fsp3) is 0. The molecule has 0 unspecified atom stereocenters. The Balaban J connectivity index is -0.000000000682. The summed E-state index contributed by atoms with van der Waals surface area (Å²) >= 11 is -2.61. The van der Waals surface area contributed by atoms with Crippen LogP contribution in [0.2, 0.25) is 0 Å². The first-order valence-electron chi connectivity index (χ1n) is 0.532. The quantitative estimate of drug-likeness (QED) is 0.324. The second-order valence-corrected chi connectivity index (χ2v) is 0.692. The molecule has 14 heavy (non-hydrogen) atoms. The van der Waals surface area contributed by atoms with Crippen molar-refractivity contribution in [1.29, 1.82) is 0 Å². The van der Waals surface area contributed by atoms with Gasteiger partial charge in [0.25, 0.3) is 11.4 Å². The van der Waals surface area contributed by atoms with Crippen molar-refractivity contribution in [3.63, 3.8) is 0 Å². The van der Waals surface area contributed by atoms with Crippen LogP contribution in [-0.4, -0.2) is 51.6 Å². The molecule has 0 aromatic carbocycles. The van der Waals surface area contributed by atoms with Crippen molar-refractivity contribution in [3.05, 3.63) is 0 Å². The van der Waals surface area contributed by atoms with E-state index >= 15 is 0 Å². The minimum Gasteiger partial charge on any atom is -1.00 e. The van der Waals surface area contributed by atoms with Crippen molar-refractivity contribution >= 4 is 24.9 Å². The van der Waals surface area contributed by atoms with Crippen LogP contribution in [0.4, 0.5) is 0 Å². The Bertz CT molecular complexity index is 47.8. The molecule has 0 bridgehead atoms. The Morgan fingerprint density at radius 1 is 0.714 bits per heavy atom. The molecule has 0 rings (SSSR count). The van der Waals surface area contributed by atoms with Gasteiger partial charge in [-0.1, -0.05) is 0 Å². The Kier molecular flexibility index (Phi) is 1150. The van der Waals surface area contributed by atoms with E-state index in [1.54, 1.807) is 0 Å². The molecular weight excluding hydrogens is 270 g/mol. The summed E-state index contributed by atoms with van der Waals surface area (Å²) in [5.41, 5.74) is 0. The zero-order valence-electron chi connectivity index (χ0n) is 9.71. The van der Waals surface area contributed by atoms with Crippen LogP contribution in [0.15, 0.2) is 0 Å². The molecule has 14 heteroatoms. The van der Waals surface area contributed by atoms with Gasteiger partial charge >= 0.3 is 59.1 Å². The van der Waals surface area contributed by atoms with Crippen LogP contribution in [-0.2, 0) is 11.4 Å². The smallest absolute Gasteiger partial charge is 1.00 e. The molecular formula is H20Na2O10S2. The summed E-state index contributed by atoms with van der Waals surface area (Å²) < 4.78 is 22.8. The SMILES string of the molecule is O.O.O.O.O.O.O.O=S(O)O.S.[H-].[H-].[Na+].[Na+]. The van der Waals surface area contributed by atoms with E-state index in [0.717, 1.165) is 0 Å². The molecule has 0 aliphatic heterocycles. The molecule has 0 aromatic rings. The van der Waals surface area contributed by atoms with Crippen LogP contribution >= 0.6 is 13.5 Å². The molecule has 94 valence electrons. The topological polar surface area (TPSA) is 278 Å². The molecule has 16 N–H and O–H groups in total. The maximum atomic E-state index is 8.67. The third-order valence-corrected chi connectivity index (χ3v) is 0. The van der Waals surface area contributed by atoms with Crippen molar-refractivity contribution in [1.82, 2.24) is 0 Å². The summed E-state index contributed by atoms with van der Waals surface area (Å²) in [6.07, 6.45) is 0. The van der Waals surface area contributed by atoms with E-state index in [2.05, 4.69) is 0 Å². The predicted molar refractivity (Wildman–Crippen MR) is 51.3 cm³/mol. The van der Waals surface area contributed by atoms with Crippen LogP contribution in [0.5, 0.6) is 0 Å². The molecule has 0 aliphatic rings. The van der Waals surface area contributed by atoms with Gasteiger partial charge < -0.3 is 41.2 Å². The van der Waals surface area contributed by atoms with Crippen molar-refractivity contribution in [2.75, 3.05) is 0 Å². The predicted octanol–water partition coefficient (Wildman–Crippen LogP) is -11.7. The van der Waals surface area contributed by atoms with E-state index in [1.807, 2.05) is 0 Å². The van der Waals surface area contributed by atoms with Gasteiger partial charge in [-0.25, -0.2) is 0 Å². The molecule has 0 spiro atoms. The maximum Gasteiger partial charge on any atom is 1.00 e. The zero-order chi connectivity index (χ0) is 3.58. The minimum absolute atomic E-state index is 0. The van der Waals surface area contributed by atoms with Crippen molar-refractivity contribution < 1.29 is 114 Å². The Labute approximate surface area is 137 Å². The van der Waals surface area contributed by atoms with Crippen LogP contribution < -0.4 is 59.1 Å².